The Bertz CT molecular complexity index is 880. The van der Waals surface area contributed by atoms with E-state index in [1.54, 1.807) is 0 Å². The molecule has 0 spiro atoms. The summed E-state index contributed by atoms with van der Waals surface area (Å²) in [7, 11) is -1.55. The van der Waals surface area contributed by atoms with E-state index in [1.807, 2.05) is 18.2 Å². The van der Waals surface area contributed by atoms with E-state index in [-0.39, 0.29) is 0 Å². The van der Waals surface area contributed by atoms with E-state index in [1.165, 1.54) is 22.0 Å². The predicted octanol–water partition coefficient (Wildman–Crippen LogP) is 5.89. The topological polar surface area (TPSA) is 22.0 Å². The van der Waals surface area contributed by atoms with Crippen LogP contribution in [-0.4, -0.2) is 18.9 Å². The Morgan fingerprint density at radius 3 is 2.48 bits per heavy atom. The minimum atomic E-state index is -1.55. The third-order valence-electron chi connectivity index (χ3n) is 4.82. The van der Waals surface area contributed by atoms with Crippen LogP contribution in [0.3, 0.4) is 0 Å². The van der Waals surface area contributed by atoms with Gasteiger partial charge in [0.15, 0.2) is 0 Å². The number of benzene rings is 2. The highest BCUT2D eigenvalue weighted by Gasteiger charge is 2.30. The highest BCUT2D eigenvalue weighted by Crippen LogP contribution is 2.37. The first-order valence-corrected chi connectivity index (χ1v) is 12.6. The van der Waals surface area contributed by atoms with Gasteiger partial charge in [0.05, 0.1) is 8.07 Å². The second kappa shape index (κ2) is 7.18. The maximum Gasteiger partial charge on any atom is 0.120 e. The zero-order valence-corrected chi connectivity index (χ0v) is 16.8. The molecule has 0 amide bonds. The molecule has 0 aliphatic rings. The molecule has 1 heterocycles. The summed E-state index contributed by atoms with van der Waals surface area (Å²) in [5, 5.41) is 1.92. The highest BCUT2D eigenvalue weighted by atomic mass is 35.5. The first-order valence-electron chi connectivity index (χ1n) is 8.66. The van der Waals surface area contributed by atoms with Gasteiger partial charge in [-0.2, -0.15) is 0 Å². The number of fused-ring (bicyclic) bond motifs is 1. The largest absolute Gasteiger partial charge is 0.343 e. The number of carbonyl (C=O) groups is 1. The molecule has 2 nitrogen and oxygen atoms in total. The average Bonchev–Trinajstić information content (AvgIpc) is 2.90. The molecule has 4 heteroatoms. The summed E-state index contributed by atoms with van der Waals surface area (Å²) in [6.45, 7) is 7.79. The summed E-state index contributed by atoms with van der Waals surface area (Å²) < 4.78 is 2.29. The van der Waals surface area contributed by atoms with Crippen molar-refractivity contribution in [3.05, 3.63) is 70.9 Å². The van der Waals surface area contributed by atoms with Crippen LogP contribution in [0.2, 0.25) is 24.7 Å². The fourth-order valence-corrected chi connectivity index (χ4v) is 5.67. The average molecular weight is 370 g/mol. The van der Waals surface area contributed by atoms with Crippen LogP contribution in [0.1, 0.15) is 23.1 Å². The number of aldehydes is 1. The summed E-state index contributed by atoms with van der Waals surface area (Å²) >= 11 is 6.29. The van der Waals surface area contributed by atoms with Crippen molar-refractivity contribution >= 4 is 36.9 Å². The van der Waals surface area contributed by atoms with Crippen molar-refractivity contribution in [1.29, 1.82) is 0 Å². The van der Waals surface area contributed by atoms with Crippen LogP contribution in [0.4, 0.5) is 0 Å². The molecule has 0 saturated carbocycles. The van der Waals surface area contributed by atoms with Gasteiger partial charge in [0, 0.05) is 35.1 Å². The lowest BCUT2D eigenvalue weighted by molar-refractivity contribution is -0.107. The number of aromatic nitrogens is 1. The van der Waals surface area contributed by atoms with Gasteiger partial charge in [-0.25, -0.2) is 0 Å². The third-order valence-corrected chi connectivity index (χ3v) is 7.70. The van der Waals surface area contributed by atoms with Crippen molar-refractivity contribution in [2.75, 3.05) is 0 Å². The molecule has 3 aromatic rings. The molecule has 3 rings (SSSR count). The number of halogens is 1. The number of nitrogens with zero attached hydrogens (tertiary/aromatic N) is 1. The molecule has 25 heavy (non-hydrogen) atoms. The number of rotatable bonds is 6. The molecular formula is C21H24ClNOSi. The number of hydrogen-bond acceptors (Lipinski definition) is 1. The van der Waals surface area contributed by atoms with Crippen LogP contribution in [-0.2, 0) is 11.3 Å². The van der Waals surface area contributed by atoms with E-state index < -0.39 is 8.07 Å². The van der Waals surface area contributed by atoms with Gasteiger partial charge < -0.3 is 9.36 Å². The lowest BCUT2D eigenvalue weighted by atomic mass is 10.1. The molecular weight excluding hydrogens is 346 g/mol. The molecule has 0 N–H and O–H groups in total. The minimum Gasteiger partial charge on any atom is -0.343 e. The van der Waals surface area contributed by atoms with Gasteiger partial charge in [0.1, 0.15) is 6.29 Å². The zero-order chi connectivity index (χ0) is 18.0. The Morgan fingerprint density at radius 2 is 1.84 bits per heavy atom. The predicted molar refractivity (Wildman–Crippen MR) is 109 cm³/mol. The summed E-state index contributed by atoms with van der Waals surface area (Å²) in [5.41, 5.74) is 4.00. The van der Waals surface area contributed by atoms with Crippen molar-refractivity contribution in [1.82, 2.24) is 4.57 Å². The van der Waals surface area contributed by atoms with E-state index in [0.29, 0.717) is 12.0 Å². The van der Waals surface area contributed by atoms with Crippen LogP contribution < -0.4 is 0 Å². The van der Waals surface area contributed by atoms with E-state index in [9.17, 15) is 4.79 Å². The lowest BCUT2D eigenvalue weighted by Crippen LogP contribution is -2.31. The SMILES string of the molecule is C[Si](C)(C)C(CC=O)c1cn(Cc2ccccc2)c2ccc(Cl)cc12. The monoisotopic (exact) mass is 369 g/mol. The van der Waals surface area contributed by atoms with Crippen LogP contribution in [0, 0.1) is 0 Å². The Balaban J connectivity index is 2.15. The molecule has 1 atom stereocenters. The molecule has 1 unspecified atom stereocenters. The Kier molecular flexibility index (Phi) is 5.16. The van der Waals surface area contributed by atoms with Crippen LogP contribution >= 0.6 is 11.6 Å². The normalized spacial score (nSPS) is 13.1. The molecule has 0 aliphatic carbocycles. The summed E-state index contributed by atoms with van der Waals surface area (Å²) in [6, 6.07) is 16.5. The second-order valence-electron chi connectivity index (χ2n) is 7.68. The van der Waals surface area contributed by atoms with E-state index in [2.05, 4.69) is 60.7 Å². The van der Waals surface area contributed by atoms with Gasteiger partial charge in [-0.3, -0.25) is 0 Å². The van der Waals surface area contributed by atoms with Crippen molar-refractivity contribution in [3.63, 3.8) is 0 Å². The molecule has 0 fully saturated rings. The molecule has 0 radical (unpaired) electrons. The second-order valence-corrected chi connectivity index (χ2v) is 13.5. The minimum absolute atomic E-state index is 0.294. The third kappa shape index (κ3) is 3.88. The van der Waals surface area contributed by atoms with E-state index >= 15 is 0 Å². The van der Waals surface area contributed by atoms with Gasteiger partial charge in [0.25, 0.3) is 0 Å². The van der Waals surface area contributed by atoms with Crippen LogP contribution in [0.25, 0.3) is 10.9 Å². The van der Waals surface area contributed by atoms with Crippen molar-refractivity contribution in [3.8, 4) is 0 Å². The maximum atomic E-state index is 11.3. The van der Waals surface area contributed by atoms with Gasteiger partial charge in [-0.15, -0.1) is 0 Å². The first kappa shape index (κ1) is 18.0. The van der Waals surface area contributed by atoms with Crippen LogP contribution in [0.15, 0.2) is 54.7 Å². The summed E-state index contributed by atoms with van der Waals surface area (Å²) in [6.07, 6.45) is 3.88. The molecule has 0 aliphatic heterocycles. The molecule has 130 valence electrons. The number of hydrogen-bond donors (Lipinski definition) is 0. The van der Waals surface area contributed by atoms with E-state index in [0.717, 1.165) is 17.9 Å². The fourth-order valence-electron chi connectivity index (χ4n) is 3.53. The van der Waals surface area contributed by atoms with Crippen LogP contribution in [0.5, 0.6) is 0 Å². The van der Waals surface area contributed by atoms with Gasteiger partial charge in [0.2, 0.25) is 0 Å². The summed E-state index contributed by atoms with van der Waals surface area (Å²) in [5.74, 6) is 0. The first-order chi connectivity index (χ1) is 11.9. The molecule has 2 aromatic carbocycles. The van der Waals surface area contributed by atoms with Crippen molar-refractivity contribution < 1.29 is 4.79 Å². The Labute approximate surface area is 155 Å². The quantitative estimate of drug-likeness (QED) is 0.392. The highest BCUT2D eigenvalue weighted by molar-refractivity contribution is 6.77. The van der Waals surface area contributed by atoms with Gasteiger partial charge in [-0.05, 0) is 34.9 Å². The molecule has 0 bridgehead atoms. The lowest BCUT2D eigenvalue weighted by Gasteiger charge is -2.27. The fraction of sp³-hybridized carbons (Fsp3) is 0.286. The van der Waals surface area contributed by atoms with E-state index in [4.69, 9.17) is 11.6 Å². The molecule has 1 aromatic heterocycles. The smallest absolute Gasteiger partial charge is 0.120 e. The zero-order valence-electron chi connectivity index (χ0n) is 15.0. The molecule has 0 saturated heterocycles. The maximum absolute atomic E-state index is 11.3. The van der Waals surface area contributed by atoms with Gasteiger partial charge >= 0.3 is 0 Å². The van der Waals surface area contributed by atoms with Crippen molar-refractivity contribution in [2.45, 2.75) is 38.1 Å². The van der Waals surface area contributed by atoms with Crippen molar-refractivity contribution in [2.24, 2.45) is 0 Å². The Hall–Kier alpha value is -1.84. The Morgan fingerprint density at radius 1 is 1.12 bits per heavy atom. The number of carbonyl (C=O) groups excluding carboxylic acids is 1. The standard InChI is InChI=1S/C21H24ClNOSi/c1-25(2,3)21(11-12-24)19-15-23(14-16-7-5-4-6-8-16)20-10-9-17(22)13-18(19)20/h4-10,12-13,15,21H,11,14H2,1-3H3. The van der Waals surface area contributed by atoms with Gasteiger partial charge in [-0.1, -0.05) is 61.6 Å². The summed E-state index contributed by atoms with van der Waals surface area (Å²) in [4.78, 5) is 11.3.